The van der Waals surface area contributed by atoms with Gasteiger partial charge in [0.25, 0.3) is 0 Å². The molecule has 0 atom stereocenters. The number of rotatable bonds is 4. The van der Waals surface area contributed by atoms with Gasteiger partial charge in [-0.2, -0.15) is 0 Å². The largest absolute Gasteiger partial charge is 0.486 e. The van der Waals surface area contributed by atoms with Crippen LogP contribution in [0, 0.1) is 0 Å². The summed E-state index contributed by atoms with van der Waals surface area (Å²) in [5, 5.41) is 0. The van der Waals surface area contributed by atoms with E-state index in [1.165, 1.54) is 0 Å². The Morgan fingerprint density at radius 3 is 2.75 bits per heavy atom. The van der Waals surface area contributed by atoms with E-state index in [0.717, 1.165) is 22.7 Å². The first-order chi connectivity index (χ1) is 7.79. The van der Waals surface area contributed by atoms with Crippen molar-refractivity contribution in [3.05, 3.63) is 47.0 Å². The van der Waals surface area contributed by atoms with Gasteiger partial charge in [0.1, 0.15) is 22.8 Å². The molecule has 3 nitrogen and oxygen atoms in total. The molecule has 0 fully saturated rings. The second-order valence-corrected chi connectivity index (χ2v) is 4.18. The van der Waals surface area contributed by atoms with E-state index in [1.54, 1.807) is 0 Å². The number of hydrogen-bond donors (Lipinski definition) is 0. The fourth-order valence-electron chi connectivity index (χ4n) is 1.47. The molecule has 2 rings (SSSR count). The molecule has 0 N–H and O–H groups in total. The van der Waals surface area contributed by atoms with Gasteiger partial charge in [-0.1, -0.05) is 18.2 Å². The van der Waals surface area contributed by atoms with Crippen LogP contribution in [0.3, 0.4) is 0 Å². The number of imidazole rings is 1. The minimum Gasteiger partial charge on any atom is -0.486 e. The Labute approximate surface area is 103 Å². The van der Waals surface area contributed by atoms with Crippen LogP contribution in [-0.2, 0) is 13.2 Å². The second-order valence-electron chi connectivity index (χ2n) is 3.37. The average Bonchev–Trinajstić information content (AvgIpc) is 2.68. The van der Waals surface area contributed by atoms with Crippen molar-refractivity contribution >= 4 is 15.9 Å². The molecule has 0 aliphatic carbocycles. The third-order valence-electron chi connectivity index (χ3n) is 2.28. The normalized spacial score (nSPS) is 10.4. The van der Waals surface area contributed by atoms with Crippen LogP contribution in [-0.4, -0.2) is 9.55 Å². The summed E-state index contributed by atoms with van der Waals surface area (Å²) in [6.07, 6.45) is 1.96. The van der Waals surface area contributed by atoms with Crippen LogP contribution in [0.25, 0.3) is 0 Å². The Morgan fingerprint density at radius 1 is 1.31 bits per heavy atom. The van der Waals surface area contributed by atoms with Gasteiger partial charge < -0.3 is 9.30 Å². The number of ether oxygens (including phenoxy) is 1. The third kappa shape index (κ3) is 2.64. The molecule has 16 heavy (non-hydrogen) atoms. The number of para-hydroxylation sites is 1. The van der Waals surface area contributed by atoms with Crippen molar-refractivity contribution in [1.29, 1.82) is 0 Å². The summed E-state index contributed by atoms with van der Waals surface area (Å²) in [6.45, 7) is 3.47. The zero-order chi connectivity index (χ0) is 11.4. The van der Waals surface area contributed by atoms with E-state index in [0.29, 0.717) is 6.61 Å². The van der Waals surface area contributed by atoms with Gasteiger partial charge in [0.15, 0.2) is 0 Å². The van der Waals surface area contributed by atoms with Crippen LogP contribution in [0.2, 0.25) is 0 Å². The summed E-state index contributed by atoms with van der Waals surface area (Å²) in [4.78, 5) is 4.35. The fourth-order valence-corrected chi connectivity index (χ4v) is 1.92. The number of aromatic nitrogens is 2. The molecule has 0 bridgehead atoms. The van der Waals surface area contributed by atoms with Crippen LogP contribution in [0.15, 0.2) is 41.1 Å². The summed E-state index contributed by atoms with van der Waals surface area (Å²) in [6, 6.07) is 9.76. The molecule has 0 aliphatic heterocycles. The number of nitrogens with zero attached hydrogens (tertiary/aromatic N) is 2. The molecule has 2 aromatic rings. The van der Waals surface area contributed by atoms with Crippen molar-refractivity contribution in [3.8, 4) is 5.75 Å². The first kappa shape index (κ1) is 11.2. The van der Waals surface area contributed by atoms with Gasteiger partial charge >= 0.3 is 0 Å². The van der Waals surface area contributed by atoms with Crippen molar-refractivity contribution in [2.75, 3.05) is 0 Å². The number of hydrogen-bond acceptors (Lipinski definition) is 2. The van der Waals surface area contributed by atoms with Crippen LogP contribution in [0.5, 0.6) is 5.75 Å². The predicted molar refractivity (Wildman–Crippen MR) is 66.4 cm³/mol. The molecule has 1 aromatic carbocycles. The summed E-state index contributed by atoms with van der Waals surface area (Å²) in [7, 11) is 0. The van der Waals surface area contributed by atoms with Crippen molar-refractivity contribution in [3.63, 3.8) is 0 Å². The van der Waals surface area contributed by atoms with Gasteiger partial charge in [-0.15, -0.1) is 0 Å². The van der Waals surface area contributed by atoms with E-state index in [1.807, 2.05) is 36.5 Å². The molecule has 0 saturated heterocycles. The van der Waals surface area contributed by atoms with Crippen molar-refractivity contribution in [2.24, 2.45) is 0 Å². The molecule has 1 aromatic heterocycles. The van der Waals surface area contributed by atoms with E-state index in [2.05, 4.69) is 32.4 Å². The Kier molecular flexibility index (Phi) is 3.62. The summed E-state index contributed by atoms with van der Waals surface area (Å²) in [5.41, 5.74) is 0. The summed E-state index contributed by atoms with van der Waals surface area (Å²) >= 11 is 3.36. The minimum atomic E-state index is 0.490. The Balaban J connectivity index is 2.04. The van der Waals surface area contributed by atoms with Gasteiger partial charge in [-0.05, 0) is 35.0 Å². The Bertz CT molecular complexity index is 453. The van der Waals surface area contributed by atoms with Gasteiger partial charge in [-0.25, -0.2) is 4.98 Å². The van der Waals surface area contributed by atoms with Crippen LogP contribution < -0.4 is 4.74 Å². The van der Waals surface area contributed by atoms with E-state index in [9.17, 15) is 0 Å². The lowest BCUT2D eigenvalue weighted by molar-refractivity contribution is 0.290. The average molecular weight is 281 g/mol. The molecule has 0 saturated carbocycles. The lowest BCUT2D eigenvalue weighted by Gasteiger charge is -2.06. The monoisotopic (exact) mass is 280 g/mol. The quantitative estimate of drug-likeness (QED) is 0.860. The molecule has 0 spiro atoms. The lowest BCUT2D eigenvalue weighted by Crippen LogP contribution is -2.05. The van der Waals surface area contributed by atoms with Gasteiger partial charge in [0, 0.05) is 12.7 Å². The van der Waals surface area contributed by atoms with Gasteiger partial charge in [0.2, 0.25) is 0 Å². The standard InChI is InChI=1S/C12H13BrN2O/c1-2-15-8-11(13)14-12(15)9-16-10-6-4-3-5-7-10/h3-8H,2,9H2,1H3. The summed E-state index contributed by atoms with van der Waals surface area (Å²) < 4.78 is 8.55. The summed E-state index contributed by atoms with van der Waals surface area (Å²) in [5.74, 6) is 1.79. The molecule has 0 unspecified atom stereocenters. The van der Waals surface area contributed by atoms with Gasteiger partial charge in [-0.3, -0.25) is 0 Å². The SMILES string of the molecule is CCn1cc(Br)nc1COc1ccccc1. The first-order valence-electron chi connectivity index (χ1n) is 5.19. The first-order valence-corrected chi connectivity index (χ1v) is 5.98. The maximum absolute atomic E-state index is 5.64. The van der Waals surface area contributed by atoms with Crippen molar-refractivity contribution in [1.82, 2.24) is 9.55 Å². The van der Waals surface area contributed by atoms with Crippen LogP contribution in [0.4, 0.5) is 0 Å². The molecule has 0 radical (unpaired) electrons. The lowest BCUT2D eigenvalue weighted by atomic mass is 10.3. The third-order valence-corrected chi connectivity index (χ3v) is 2.66. The van der Waals surface area contributed by atoms with Gasteiger partial charge in [0.05, 0.1) is 0 Å². The molecule has 0 amide bonds. The predicted octanol–water partition coefficient (Wildman–Crippen LogP) is 3.24. The topological polar surface area (TPSA) is 27.1 Å². The highest BCUT2D eigenvalue weighted by atomic mass is 79.9. The van der Waals surface area contributed by atoms with E-state index < -0.39 is 0 Å². The zero-order valence-electron chi connectivity index (χ0n) is 9.06. The molecule has 0 aliphatic rings. The van der Waals surface area contributed by atoms with Crippen LogP contribution >= 0.6 is 15.9 Å². The second kappa shape index (κ2) is 5.16. The Hall–Kier alpha value is -1.29. The van der Waals surface area contributed by atoms with Crippen molar-refractivity contribution < 1.29 is 4.74 Å². The minimum absolute atomic E-state index is 0.490. The Morgan fingerprint density at radius 2 is 2.06 bits per heavy atom. The van der Waals surface area contributed by atoms with Crippen molar-refractivity contribution in [2.45, 2.75) is 20.1 Å². The highest BCUT2D eigenvalue weighted by molar-refractivity contribution is 9.10. The van der Waals surface area contributed by atoms with E-state index >= 15 is 0 Å². The highest BCUT2D eigenvalue weighted by Crippen LogP contribution is 2.14. The maximum atomic E-state index is 5.64. The zero-order valence-corrected chi connectivity index (χ0v) is 10.6. The highest BCUT2D eigenvalue weighted by Gasteiger charge is 2.05. The molecule has 4 heteroatoms. The molecular weight excluding hydrogens is 268 g/mol. The van der Waals surface area contributed by atoms with Crippen LogP contribution in [0.1, 0.15) is 12.7 Å². The fraction of sp³-hybridized carbons (Fsp3) is 0.250. The molecule has 84 valence electrons. The maximum Gasteiger partial charge on any atom is 0.148 e. The molecule has 1 heterocycles. The van der Waals surface area contributed by atoms with E-state index in [-0.39, 0.29) is 0 Å². The van der Waals surface area contributed by atoms with E-state index in [4.69, 9.17) is 4.74 Å². The smallest absolute Gasteiger partial charge is 0.148 e. The number of aryl methyl sites for hydroxylation is 1. The molecular formula is C12H13BrN2O. The number of halogens is 1. The number of benzene rings is 1.